The number of hydrogen-bond acceptors (Lipinski definition) is 6. The minimum atomic E-state index is 0.459. The van der Waals surface area contributed by atoms with E-state index in [1.165, 1.54) is 0 Å². The van der Waals surface area contributed by atoms with Crippen molar-refractivity contribution in [1.82, 2.24) is 15.5 Å². The number of hydrogen-bond donors (Lipinski definition) is 1. The number of rotatable bonds is 6. The predicted octanol–water partition coefficient (Wildman–Crippen LogP) is 1.96. The molecule has 1 N–H and O–H groups in total. The molecule has 0 radical (unpaired) electrons. The van der Waals surface area contributed by atoms with Crippen LogP contribution in [0.2, 0.25) is 0 Å². The summed E-state index contributed by atoms with van der Waals surface area (Å²) in [6, 6.07) is 8.13. The average Bonchev–Trinajstić information content (AvgIpc) is 2.93. The van der Waals surface area contributed by atoms with Gasteiger partial charge >= 0.3 is 6.01 Å². The topological polar surface area (TPSA) is 63.4 Å². The van der Waals surface area contributed by atoms with E-state index >= 15 is 0 Å². The van der Waals surface area contributed by atoms with Gasteiger partial charge in [0.2, 0.25) is 5.89 Å². The highest BCUT2D eigenvalue weighted by Crippen LogP contribution is 2.25. The number of aromatic nitrogens is 2. The first-order valence-corrected chi connectivity index (χ1v) is 6.15. The summed E-state index contributed by atoms with van der Waals surface area (Å²) in [7, 11) is 3.51. The van der Waals surface area contributed by atoms with Crippen LogP contribution in [0.3, 0.4) is 0 Å². The molecule has 6 nitrogen and oxygen atoms in total. The number of anilines is 2. The van der Waals surface area contributed by atoms with Crippen molar-refractivity contribution in [2.24, 2.45) is 0 Å². The second-order valence-corrected chi connectivity index (χ2v) is 4.02. The number of nitrogens with one attached hydrogen (secondary N) is 1. The molecular weight excluding hydrogens is 244 g/mol. The van der Waals surface area contributed by atoms with E-state index in [9.17, 15) is 0 Å². The Kier molecular flexibility index (Phi) is 4.35. The lowest BCUT2D eigenvalue weighted by Crippen LogP contribution is -2.12. The molecule has 102 valence electrons. The lowest BCUT2D eigenvalue weighted by Gasteiger charge is -2.14. The Morgan fingerprint density at radius 3 is 2.95 bits per heavy atom. The van der Waals surface area contributed by atoms with Crippen LogP contribution in [0.5, 0.6) is 5.75 Å². The van der Waals surface area contributed by atoms with Crippen molar-refractivity contribution >= 4 is 11.7 Å². The maximum atomic E-state index is 5.58. The molecule has 0 unspecified atom stereocenters. The van der Waals surface area contributed by atoms with Gasteiger partial charge in [0.15, 0.2) is 0 Å². The van der Waals surface area contributed by atoms with E-state index < -0.39 is 0 Å². The Hall–Kier alpha value is -2.08. The third kappa shape index (κ3) is 3.23. The SMILES string of the molecule is CCNCc1nnc(N(C)c2cccc(OC)c2)o1. The van der Waals surface area contributed by atoms with Crippen LogP contribution in [0.25, 0.3) is 0 Å². The molecule has 0 aliphatic carbocycles. The van der Waals surface area contributed by atoms with E-state index in [4.69, 9.17) is 9.15 Å². The lowest BCUT2D eigenvalue weighted by molar-refractivity contribution is 0.415. The largest absolute Gasteiger partial charge is 0.497 e. The normalized spacial score (nSPS) is 10.5. The van der Waals surface area contributed by atoms with Gasteiger partial charge in [-0.2, -0.15) is 0 Å². The minimum Gasteiger partial charge on any atom is -0.497 e. The van der Waals surface area contributed by atoms with E-state index in [2.05, 4.69) is 15.5 Å². The Morgan fingerprint density at radius 1 is 1.37 bits per heavy atom. The summed E-state index contributed by atoms with van der Waals surface area (Å²) in [6.07, 6.45) is 0. The summed E-state index contributed by atoms with van der Waals surface area (Å²) in [6.45, 7) is 3.47. The maximum Gasteiger partial charge on any atom is 0.322 e. The monoisotopic (exact) mass is 262 g/mol. The van der Waals surface area contributed by atoms with Gasteiger partial charge in [0.05, 0.1) is 13.7 Å². The molecule has 0 atom stereocenters. The van der Waals surface area contributed by atoms with Crippen LogP contribution in [0.1, 0.15) is 12.8 Å². The number of methoxy groups -OCH3 is 1. The Bertz CT molecular complexity index is 527. The molecule has 0 saturated carbocycles. The number of nitrogens with zero attached hydrogens (tertiary/aromatic N) is 3. The summed E-state index contributed by atoms with van der Waals surface area (Å²) in [5.74, 6) is 1.36. The first kappa shape index (κ1) is 13.4. The predicted molar refractivity (Wildman–Crippen MR) is 72.7 cm³/mol. The average molecular weight is 262 g/mol. The molecule has 0 saturated heterocycles. The zero-order valence-corrected chi connectivity index (χ0v) is 11.4. The van der Waals surface area contributed by atoms with E-state index in [1.54, 1.807) is 7.11 Å². The van der Waals surface area contributed by atoms with Gasteiger partial charge in [0.1, 0.15) is 5.75 Å². The van der Waals surface area contributed by atoms with Gasteiger partial charge in [0.25, 0.3) is 0 Å². The van der Waals surface area contributed by atoms with E-state index in [0.29, 0.717) is 18.5 Å². The zero-order valence-electron chi connectivity index (χ0n) is 11.4. The molecule has 19 heavy (non-hydrogen) atoms. The maximum absolute atomic E-state index is 5.58. The number of benzene rings is 1. The first-order valence-electron chi connectivity index (χ1n) is 6.15. The van der Waals surface area contributed by atoms with Crippen LogP contribution in [0.4, 0.5) is 11.7 Å². The summed E-state index contributed by atoms with van der Waals surface area (Å²) >= 11 is 0. The van der Waals surface area contributed by atoms with Crippen LogP contribution < -0.4 is 15.0 Å². The fourth-order valence-corrected chi connectivity index (χ4v) is 1.61. The molecule has 0 aliphatic rings. The van der Waals surface area contributed by atoms with Crippen LogP contribution in [0, 0.1) is 0 Å². The molecule has 2 aromatic rings. The molecule has 1 aromatic heterocycles. The van der Waals surface area contributed by atoms with Gasteiger partial charge in [-0.1, -0.05) is 18.1 Å². The molecule has 0 bridgehead atoms. The lowest BCUT2D eigenvalue weighted by atomic mass is 10.3. The smallest absolute Gasteiger partial charge is 0.322 e. The van der Waals surface area contributed by atoms with Crippen molar-refractivity contribution < 1.29 is 9.15 Å². The molecule has 0 fully saturated rings. The van der Waals surface area contributed by atoms with Crippen LogP contribution in [0.15, 0.2) is 28.7 Å². The van der Waals surface area contributed by atoms with Gasteiger partial charge in [-0.15, -0.1) is 5.10 Å². The van der Waals surface area contributed by atoms with Gasteiger partial charge in [-0.05, 0) is 18.7 Å². The highest BCUT2D eigenvalue weighted by atomic mass is 16.5. The molecule has 1 aromatic carbocycles. The Labute approximate surface area is 112 Å². The van der Waals surface area contributed by atoms with Crippen molar-refractivity contribution in [3.8, 4) is 5.75 Å². The molecule has 0 spiro atoms. The van der Waals surface area contributed by atoms with E-state index in [-0.39, 0.29) is 0 Å². The molecule has 0 aliphatic heterocycles. The number of ether oxygens (including phenoxy) is 1. The van der Waals surface area contributed by atoms with Crippen LogP contribution >= 0.6 is 0 Å². The van der Waals surface area contributed by atoms with Crippen LogP contribution in [-0.4, -0.2) is 30.9 Å². The Morgan fingerprint density at radius 2 is 2.21 bits per heavy atom. The van der Waals surface area contributed by atoms with Gasteiger partial charge in [-0.25, -0.2) is 0 Å². The fraction of sp³-hybridized carbons (Fsp3) is 0.385. The highest BCUT2D eigenvalue weighted by Gasteiger charge is 2.12. The summed E-state index contributed by atoms with van der Waals surface area (Å²) in [5.41, 5.74) is 0.929. The van der Waals surface area contributed by atoms with E-state index in [0.717, 1.165) is 18.0 Å². The second-order valence-electron chi connectivity index (χ2n) is 4.02. The van der Waals surface area contributed by atoms with Crippen molar-refractivity contribution in [1.29, 1.82) is 0 Å². The highest BCUT2D eigenvalue weighted by molar-refractivity contribution is 5.57. The van der Waals surface area contributed by atoms with Crippen molar-refractivity contribution in [2.75, 3.05) is 25.6 Å². The fourth-order valence-electron chi connectivity index (χ4n) is 1.61. The third-order valence-corrected chi connectivity index (χ3v) is 2.71. The molecular formula is C13H18N4O2. The second kappa shape index (κ2) is 6.19. The van der Waals surface area contributed by atoms with Crippen molar-refractivity contribution in [3.63, 3.8) is 0 Å². The van der Waals surface area contributed by atoms with Crippen molar-refractivity contribution in [3.05, 3.63) is 30.2 Å². The molecule has 6 heteroatoms. The quantitative estimate of drug-likeness (QED) is 0.858. The van der Waals surface area contributed by atoms with Crippen molar-refractivity contribution in [2.45, 2.75) is 13.5 Å². The minimum absolute atomic E-state index is 0.459. The zero-order chi connectivity index (χ0) is 13.7. The summed E-state index contributed by atoms with van der Waals surface area (Å²) in [5, 5.41) is 11.2. The van der Waals surface area contributed by atoms with Gasteiger partial charge in [-0.3, -0.25) is 4.90 Å². The summed E-state index contributed by atoms with van der Waals surface area (Å²) < 4.78 is 10.8. The third-order valence-electron chi connectivity index (χ3n) is 2.71. The Balaban J connectivity index is 2.13. The first-order chi connectivity index (χ1) is 9.24. The molecule has 0 amide bonds. The van der Waals surface area contributed by atoms with Gasteiger partial charge < -0.3 is 14.5 Å². The summed E-state index contributed by atoms with van der Waals surface area (Å²) in [4.78, 5) is 1.82. The van der Waals surface area contributed by atoms with Crippen LogP contribution in [-0.2, 0) is 6.54 Å². The van der Waals surface area contributed by atoms with E-state index in [1.807, 2.05) is 43.1 Å². The standard InChI is InChI=1S/C13H18N4O2/c1-4-14-9-12-15-16-13(19-12)17(2)10-6-5-7-11(8-10)18-3/h5-8,14H,4,9H2,1-3H3. The van der Waals surface area contributed by atoms with Gasteiger partial charge in [0, 0.05) is 18.8 Å². The molecule has 2 rings (SSSR count). The molecule has 1 heterocycles.